The molecule has 0 saturated carbocycles. The van der Waals surface area contributed by atoms with Gasteiger partial charge < -0.3 is 10.3 Å². The molecular formula is C9H17N3OS. The summed E-state index contributed by atoms with van der Waals surface area (Å²) in [6, 6.07) is 0.0950. The Labute approximate surface area is 88.6 Å². The highest BCUT2D eigenvalue weighted by atomic mass is 32.2. The molecule has 0 aliphatic heterocycles. The zero-order valence-electron chi connectivity index (χ0n) is 8.86. The van der Waals surface area contributed by atoms with Crippen LogP contribution in [0.5, 0.6) is 0 Å². The normalized spacial score (nSPS) is 13.5. The third-order valence-corrected chi connectivity index (χ3v) is 2.60. The fourth-order valence-electron chi connectivity index (χ4n) is 0.998. The number of rotatable bonds is 5. The van der Waals surface area contributed by atoms with Crippen LogP contribution in [0.3, 0.4) is 0 Å². The van der Waals surface area contributed by atoms with E-state index in [2.05, 4.69) is 24.0 Å². The van der Waals surface area contributed by atoms with Gasteiger partial charge in [-0.1, -0.05) is 19.0 Å². The third-order valence-electron chi connectivity index (χ3n) is 2.05. The first-order valence-corrected chi connectivity index (χ1v) is 6.09. The highest BCUT2D eigenvalue weighted by Crippen LogP contribution is 2.09. The summed E-state index contributed by atoms with van der Waals surface area (Å²) in [5.74, 6) is 2.63. The number of thioether (sulfide) groups is 1. The number of hydrogen-bond donors (Lipinski definition) is 1. The molecule has 5 heteroatoms. The molecule has 14 heavy (non-hydrogen) atoms. The minimum absolute atomic E-state index is 0.0950. The highest BCUT2D eigenvalue weighted by Gasteiger charge is 2.13. The van der Waals surface area contributed by atoms with Gasteiger partial charge in [-0.3, -0.25) is 0 Å². The van der Waals surface area contributed by atoms with E-state index in [0.717, 1.165) is 11.6 Å². The van der Waals surface area contributed by atoms with Gasteiger partial charge in [0.05, 0.1) is 5.75 Å². The van der Waals surface area contributed by atoms with Crippen LogP contribution in [0.1, 0.15) is 25.6 Å². The third kappa shape index (κ3) is 3.31. The molecule has 0 spiro atoms. The van der Waals surface area contributed by atoms with Crippen molar-refractivity contribution in [2.75, 3.05) is 6.26 Å². The molecule has 0 aliphatic rings. The average molecular weight is 215 g/mol. The maximum Gasteiger partial charge on any atom is 0.228 e. The van der Waals surface area contributed by atoms with Gasteiger partial charge in [0.15, 0.2) is 5.82 Å². The van der Waals surface area contributed by atoms with E-state index in [9.17, 15) is 0 Å². The predicted octanol–water partition coefficient (Wildman–Crippen LogP) is 1.46. The lowest BCUT2D eigenvalue weighted by atomic mass is 10.0. The van der Waals surface area contributed by atoms with E-state index in [0.29, 0.717) is 18.2 Å². The lowest BCUT2D eigenvalue weighted by Crippen LogP contribution is -2.28. The SMILES string of the molecule is CSCc1noc(CC(N)C(C)C)n1. The van der Waals surface area contributed by atoms with Crippen molar-refractivity contribution in [1.82, 2.24) is 10.1 Å². The predicted molar refractivity (Wildman–Crippen MR) is 58.0 cm³/mol. The zero-order chi connectivity index (χ0) is 10.6. The maximum absolute atomic E-state index is 5.90. The molecule has 1 rings (SSSR count). The molecular weight excluding hydrogens is 198 g/mol. The van der Waals surface area contributed by atoms with Crippen molar-refractivity contribution in [2.45, 2.75) is 32.1 Å². The van der Waals surface area contributed by atoms with Crippen molar-refractivity contribution in [2.24, 2.45) is 11.7 Å². The fraction of sp³-hybridized carbons (Fsp3) is 0.778. The molecule has 0 aromatic carbocycles. The molecule has 1 atom stereocenters. The molecule has 0 fully saturated rings. The van der Waals surface area contributed by atoms with Crippen LogP contribution in [-0.2, 0) is 12.2 Å². The minimum Gasteiger partial charge on any atom is -0.339 e. The molecule has 0 aliphatic carbocycles. The van der Waals surface area contributed by atoms with Crippen molar-refractivity contribution in [1.29, 1.82) is 0 Å². The van der Waals surface area contributed by atoms with E-state index >= 15 is 0 Å². The zero-order valence-corrected chi connectivity index (χ0v) is 9.67. The quantitative estimate of drug-likeness (QED) is 0.805. The summed E-state index contributed by atoms with van der Waals surface area (Å²) >= 11 is 1.68. The molecule has 1 heterocycles. The Kier molecular flexibility index (Phi) is 4.41. The summed E-state index contributed by atoms with van der Waals surface area (Å²) in [5.41, 5.74) is 5.90. The number of nitrogens with zero attached hydrogens (tertiary/aromatic N) is 2. The van der Waals surface area contributed by atoms with E-state index in [4.69, 9.17) is 10.3 Å². The van der Waals surface area contributed by atoms with E-state index in [1.807, 2.05) is 6.26 Å². The first kappa shape index (κ1) is 11.5. The van der Waals surface area contributed by atoms with Gasteiger partial charge in [-0.15, -0.1) is 0 Å². The summed E-state index contributed by atoms with van der Waals surface area (Å²) in [7, 11) is 0. The summed E-state index contributed by atoms with van der Waals surface area (Å²) in [5, 5.41) is 3.86. The Balaban J connectivity index is 2.50. The van der Waals surface area contributed by atoms with E-state index in [-0.39, 0.29) is 6.04 Å². The maximum atomic E-state index is 5.90. The van der Waals surface area contributed by atoms with Crippen LogP contribution >= 0.6 is 11.8 Å². The van der Waals surface area contributed by atoms with Crippen LogP contribution in [-0.4, -0.2) is 22.4 Å². The Hall–Kier alpha value is -0.550. The van der Waals surface area contributed by atoms with Crippen LogP contribution in [0.2, 0.25) is 0 Å². The van der Waals surface area contributed by atoms with E-state index < -0.39 is 0 Å². The lowest BCUT2D eigenvalue weighted by molar-refractivity contribution is 0.350. The van der Waals surface area contributed by atoms with Crippen molar-refractivity contribution < 1.29 is 4.52 Å². The first-order chi connectivity index (χ1) is 6.63. The molecule has 4 nitrogen and oxygen atoms in total. The Bertz CT molecular complexity index is 275. The second-order valence-corrected chi connectivity index (χ2v) is 4.52. The minimum atomic E-state index is 0.0950. The lowest BCUT2D eigenvalue weighted by Gasteiger charge is -2.11. The van der Waals surface area contributed by atoms with E-state index in [1.54, 1.807) is 11.8 Å². The molecule has 2 N–H and O–H groups in total. The number of hydrogen-bond acceptors (Lipinski definition) is 5. The summed E-state index contributed by atoms with van der Waals surface area (Å²) in [4.78, 5) is 4.24. The second-order valence-electron chi connectivity index (χ2n) is 3.65. The van der Waals surface area contributed by atoms with E-state index in [1.165, 1.54) is 0 Å². The average Bonchev–Trinajstić information content (AvgIpc) is 2.53. The molecule has 80 valence electrons. The molecule has 1 aromatic heterocycles. The highest BCUT2D eigenvalue weighted by molar-refractivity contribution is 7.97. The molecule has 1 unspecified atom stereocenters. The molecule has 0 amide bonds. The Morgan fingerprint density at radius 1 is 1.50 bits per heavy atom. The van der Waals surface area contributed by atoms with Crippen molar-refractivity contribution in [3.8, 4) is 0 Å². The van der Waals surface area contributed by atoms with Gasteiger partial charge in [0, 0.05) is 12.5 Å². The van der Waals surface area contributed by atoms with Crippen molar-refractivity contribution in [3.05, 3.63) is 11.7 Å². The molecule has 0 bridgehead atoms. The van der Waals surface area contributed by atoms with Gasteiger partial charge >= 0.3 is 0 Å². The van der Waals surface area contributed by atoms with Crippen molar-refractivity contribution >= 4 is 11.8 Å². The molecule has 1 aromatic rings. The van der Waals surface area contributed by atoms with Gasteiger partial charge in [-0.05, 0) is 12.2 Å². The largest absolute Gasteiger partial charge is 0.339 e. The number of nitrogens with two attached hydrogens (primary N) is 1. The molecule has 0 saturated heterocycles. The van der Waals surface area contributed by atoms with Crippen LogP contribution in [0.4, 0.5) is 0 Å². The van der Waals surface area contributed by atoms with Crippen LogP contribution in [0.15, 0.2) is 4.52 Å². The first-order valence-electron chi connectivity index (χ1n) is 4.69. The summed E-state index contributed by atoms with van der Waals surface area (Å²) in [6.07, 6.45) is 2.68. The fourth-order valence-corrected chi connectivity index (χ4v) is 1.37. The van der Waals surface area contributed by atoms with Gasteiger partial charge in [0.2, 0.25) is 5.89 Å². The molecule has 0 radical (unpaired) electrons. The number of aromatic nitrogens is 2. The summed E-state index contributed by atoms with van der Waals surface area (Å²) < 4.78 is 5.08. The van der Waals surface area contributed by atoms with Crippen molar-refractivity contribution in [3.63, 3.8) is 0 Å². The van der Waals surface area contributed by atoms with Crippen LogP contribution in [0, 0.1) is 5.92 Å². The summed E-state index contributed by atoms with van der Waals surface area (Å²) in [6.45, 7) is 4.17. The van der Waals surface area contributed by atoms with Gasteiger partial charge in [-0.2, -0.15) is 16.7 Å². The van der Waals surface area contributed by atoms with Crippen LogP contribution < -0.4 is 5.73 Å². The van der Waals surface area contributed by atoms with Crippen LogP contribution in [0.25, 0.3) is 0 Å². The standard InChI is InChI=1S/C9H17N3OS/c1-6(2)7(10)4-9-11-8(5-14-3)12-13-9/h6-7H,4-5,10H2,1-3H3. The van der Waals surface area contributed by atoms with Gasteiger partial charge in [-0.25, -0.2) is 0 Å². The monoisotopic (exact) mass is 215 g/mol. The van der Waals surface area contributed by atoms with Gasteiger partial charge in [0.1, 0.15) is 0 Å². The van der Waals surface area contributed by atoms with Gasteiger partial charge in [0.25, 0.3) is 0 Å². The Morgan fingerprint density at radius 2 is 2.21 bits per heavy atom. The topological polar surface area (TPSA) is 64.9 Å². The second kappa shape index (κ2) is 5.36. The Morgan fingerprint density at radius 3 is 2.79 bits per heavy atom. The smallest absolute Gasteiger partial charge is 0.228 e.